The van der Waals surface area contributed by atoms with Gasteiger partial charge in [0.25, 0.3) is 0 Å². The summed E-state index contributed by atoms with van der Waals surface area (Å²) in [4.78, 5) is 0. The zero-order chi connectivity index (χ0) is 16.3. The second-order valence-electron chi connectivity index (χ2n) is 7.82. The molecule has 0 N–H and O–H groups in total. The molecule has 0 radical (unpaired) electrons. The van der Waals surface area contributed by atoms with Gasteiger partial charge in [-0.1, -0.05) is 43.4 Å². The molecule has 0 unspecified atom stereocenters. The van der Waals surface area contributed by atoms with Crippen molar-refractivity contribution in [1.82, 2.24) is 0 Å². The molecule has 0 aromatic carbocycles. The van der Waals surface area contributed by atoms with Gasteiger partial charge in [0.2, 0.25) is 0 Å². The van der Waals surface area contributed by atoms with Crippen molar-refractivity contribution in [3.05, 3.63) is 36.5 Å². The van der Waals surface area contributed by atoms with Gasteiger partial charge in [0.05, 0.1) is 0 Å². The van der Waals surface area contributed by atoms with E-state index in [-0.39, 0.29) is 0 Å². The number of hydrogen-bond acceptors (Lipinski definition) is 0. The van der Waals surface area contributed by atoms with E-state index < -0.39 is 0 Å². The summed E-state index contributed by atoms with van der Waals surface area (Å²) in [5.74, 6) is 3.61. The van der Waals surface area contributed by atoms with E-state index >= 15 is 0 Å². The van der Waals surface area contributed by atoms with E-state index in [0.29, 0.717) is 0 Å². The first-order chi connectivity index (χ1) is 11.3. The highest BCUT2D eigenvalue weighted by Crippen LogP contribution is 2.33. The van der Waals surface area contributed by atoms with Gasteiger partial charge < -0.3 is 0 Å². The molecule has 2 aliphatic rings. The molecule has 0 aromatic heterocycles. The first-order valence-electron chi connectivity index (χ1n) is 10.3. The Morgan fingerprint density at radius 3 is 1.78 bits per heavy atom. The Labute approximate surface area is 145 Å². The van der Waals surface area contributed by atoms with Gasteiger partial charge in [-0.2, -0.15) is 0 Å². The molecular formula is C23H38. The lowest BCUT2D eigenvalue weighted by Crippen LogP contribution is -2.13. The zero-order valence-electron chi connectivity index (χ0n) is 15.6. The van der Waals surface area contributed by atoms with Crippen LogP contribution in [0.3, 0.4) is 0 Å². The Hall–Kier alpha value is -0.780. The van der Waals surface area contributed by atoms with Crippen molar-refractivity contribution in [1.29, 1.82) is 0 Å². The largest absolute Gasteiger partial charge is 0.0914 e. The van der Waals surface area contributed by atoms with Gasteiger partial charge >= 0.3 is 0 Å². The van der Waals surface area contributed by atoms with Crippen LogP contribution in [0.4, 0.5) is 0 Å². The highest BCUT2D eigenvalue weighted by atomic mass is 14.2. The third-order valence-corrected chi connectivity index (χ3v) is 5.97. The van der Waals surface area contributed by atoms with E-state index in [2.05, 4.69) is 50.3 Å². The fourth-order valence-electron chi connectivity index (χ4n) is 4.42. The third kappa shape index (κ3) is 7.10. The van der Waals surface area contributed by atoms with Crippen molar-refractivity contribution < 1.29 is 0 Å². The molecule has 0 heteroatoms. The van der Waals surface area contributed by atoms with Crippen molar-refractivity contribution in [2.45, 2.75) is 84.5 Å². The van der Waals surface area contributed by atoms with Crippen molar-refractivity contribution in [3.63, 3.8) is 0 Å². The van der Waals surface area contributed by atoms with Crippen LogP contribution >= 0.6 is 0 Å². The summed E-state index contributed by atoms with van der Waals surface area (Å²) in [5, 5.41) is 0. The average Bonchev–Trinajstić information content (AvgIpc) is 2.59. The van der Waals surface area contributed by atoms with Crippen LogP contribution in [0.15, 0.2) is 36.5 Å². The fraction of sp³-hybridized carbons (Fsp3) is 0.739. The first-order valence-corrected chi connectivity index (χ1v) is 10.3. The molecule has 2 rings (SSSR count). The summed E-state index contributed by atoms with van der Waals surface area (Å²) in [7, 11) is 0. The maximum Gasteiger partial charge on any atom is -0.0233 e. The van der Waals surface area contributed by atoms with Gasteiger partial charge in [-0.3, -0.25) is 0 Å². The van der Waals surface area contributed by atoms with Crippen molar-refractivity contribution in [3.8, 4) is 0 Å². The van der Waals surface area contributed by atoms with Crippen LogP contribution in [0.2, 0.25) is 0 Å². The summed E-state index contributed by atoms with van der Waals surface area (Å²) in [5.41, 5.74) is 0. The van der Waals surface area contributed by atoms with E-state index in [1.54, 1.807) is 0 Å². The van der Waals surface area contributed by atoms with Crippen molar-refractivity contribution in [2.75, 3.05) is 0 Å². The molecular weight excluding hydrogens is 276 g/mol. The van der Waals surface area contributed by atoms with Crippen LogP contribution in [0.1, 0.15) is 84.5 Å². The topological polar surface area (TPSA) is 0 Å². The van der Waals surface area contributed by atoms with Crippen LogP contribution in [0.5, 0.6) is 0 Å². The molecule has 0 spiro atoms. The van der Waals surface area contributed by atoms with Crippen LogP contribution < -0.4 is 0 Å². The molecule has 0 amide bonds. The summed E-state index contributed by atoms with van der Waals surface area (Å²) in [6.07, 6.45) is 29.8. The maximum atomic E-state index is 2.54. The van der Waals surface area contributed by atoms with Crippen molar-refractivity contribution in [2.24, 2.45) is 23.7 Å². The van der Waals surface area contributed by atoms with Gasteiger partial charge in [-0.25, -0.2) is 0 Å². The molecule has 130 valence electrons. The van der Waals surface area contributed by atoms with E-state index in [1.807, 2.05) is 0 Å². The second-order valence-corrected chi connectivity index (χ2v) is 7.82. The van der Waals surface area contributed by atoms with Crippen molar-refractivity contribution >= 4 is 0 Å². The van der Waals surface area contributed by atoms with Gasteiger partial charge in [0.1, 0.15) is 0 Å². The molecule has 23 heavy (non-hydrogen) atoms. The molecule has 0 saturated heterocycles. The fourth-order valence-corrected chi connectivity index (χ4v) is 4.42. The molecule has 0 aromatic rings. The Kier molecular flexibility index (Phi) is 8.79. The summed E-state index contributed by atoms with van der Waals surface area (Å²) in [6, 6.07) is 0. The van der Waals surface area contributed by atoms with E-state index in [0.717, 1.165) is 23.7 Å². The molecule has 0 nitrogen and oxygen atoms in total. The van der Waals surface area contributed by atoms with Crippen LogP contribution in [0, 0.1) is 23.7 Å². The SMILES string of the molecule is CC=C[C@H]1CC[C@H](C=CCC[C@H]2CC[C@H](C=CCC)CC2)CC1. The van der Waals surface area contributed by atoms with Crippen LogP contribution in [0.25, 0.3) is 0 Å². The van der Waals surface area contributed by atoms with E-state index in [9.17, 15) is 0 Å². The minimum absolute atomic E-state index is 0.863. The first kappa shape index (κ1) is 18.6. The third-order valence-electron chi connectivity index (χ3n) is 5.97. The number of allylic oxidation sites excluding steroid dienone is 6. The maximum absolute atomic E-state index is 2.54. The lowest BCUT2D eigenvalue weighted by Gasteiger charge is -2.26. The Morgan fingerprint density at radius 1 is 0.696 bits per heavy atom. The molecule has 0 heterocycles. The lowest BCUT2D eigenvalue weighted by molar-refractivity contribution is 0.297. The average molecular weight is 315 g/mol. The Morgan fingerprint density at radius 2 is 1.22 bits per heavy atom. The highest BCUT2D eigenvalue weighted by Gasteiger charge is 2.19. The molecule has 0 aliphatic heterocycles. The minimum Gasteiger partial charge on any atom is -0.0914 e. The summed E-state index contributed by atoms with van der Waals surface area (Å²) < 4.78 is 0. The zero-order valence-corrected chi connectivity index (χ0v) is 15.6. The van der Waals surface area contributed by atoms with Crippen LogP contribution in [-0.2, 0) is 0 Å². The minimum atomic E-state index is 0.863. The molecule has 2 aliphatic carbocycles. The van der Waals surface area contributed by atoms with E-state index in [4.69, 9.17) is 0 Å². The molecule has 2 saturated carbocycles. The number of hydrogen-bond donors (Lipinski definition) is 0. The lowest BCUT2D eigenvalue weighted by atomic mass is 9.79. The Bertz CT molecular complexity index is 371. The Balaban J connectivity index is 1.56. The standard InChI is InChI=1S/C23H38/c1-3-5-9-21-16-18-23(19-17-21)11-7-6-10-22-14-12-20(8-4-2)13-15-22/h4-6,8-10,20-23H,3,7,11-19H2,1-2H3/t20-,21-,22-,23-. The molecule has 0 atom stereocenters. The number of rotatable bonds is 7. The van der Waals surface area contributed by atoms with Crippen LogP contribution in [-0.4, -0.2) is 0 Å². The highest BCUT2D eigenvalue weighted by molar-refractivity contribution is 4.96. The predicted molar refractivity (Wildman–Crippen MR) is 104 cm³/mol. The van der Waals surface area contributed by atoms with Gasteiger partial charge in [-0.05, 0) is 101 Å². The van der Waals surface area contributed by atoms with Gasteiger partial charge in [0, 0.05) is 0 Å². The van der Waals surface area contributed by atoms with E-state index in [1.165, 1.54) is 70.6 Å². The normalized spacial score (nSPS) is 33.1. The van der Waals surface area contributed by atoms with Gasteiger partial charge in [0.15, 0.2) is 0 Å². The predicted octanol–water partition coefficient (Wildman–Crippen LogP) is 7.48. The quantitative estimate of drug-likeness (QED) is 0.427. The summed E-state index contributed by atoms with van der Waals surface area (Å²) >= 11 is 0. The molecule has 0 bridgehead atoms. The monoisotopic (exact) mass is 314 g/mol. The smallest absolute Gasteiger partial charge is 0.0233 e. The summed E-state index contributed by atoms with van der Waals surface area (Å²) in [6.45, 7) is 4.39. The van der Waals surface area contributed by atoms with Gasteiger partial charge in [-0.15, -0.1) is 0 Å². The second kappa shape index (κ2) is 10.9. The molecule has 2 fully saturated rings.